The molecular formula is C12H19N3O. The predicted octanol–water partition coefficient (Wildman–Crippen LogP) is 0.723. The van der Waals surface area contributed by atoms with Crippen LogP contribution >= 0.6 is 0 Å². The van der Waals surface area contributed by atoms with Crippen LogP contribution in [0.15, 0.2) is 18.5 Å². The summed E-state index contributed by atoms with van der Waals surface area (Å²) in [6, 6.07) is 1.85. The van der Waals surface area contributed by atoms with Crippen LogP contribution in [0.3, 0.4) is 0 Å². The number of aromatic nitrogens is 2. The monoisotopic (exact) mass is 221 g/mol. The van der Waals surface area contributed by atoms with Crippen LogP contribution in [0, 0.1) is 5.92 Å². The molecule has 16 heavy (non-hydrogen) atoms. The lowest BCUT2D eigenvalue weighted by molar-refractivity contribution is 0.147. The molecule has 0 radical (unpaired) electrons. The first-order valence-electron chi connectivity index (χ1n) is 5.97. The number of piperidine rings is 1. The van der Waals surface area contributed by atoms with Gasteiger partial charge in [-0.2, -0.15) is 0 Å². The maximum Gasteiger partial charge on any atom is 0.128 e. The van der Waals surface area contributed by atoms with Crippen LogP contribution in [0.4, 0.5) is 0 Å². The average Bonchev–Trinajstić information content (AvgIpc) is 2.33. The highest BCUT2D eigenvalue weighted by atomic mass is 16.3. The minimum Gasteiger partial charge on any atom is -0.395 e. The maximum absolute atomic E-state index is 8.86. The molecular weight excluding hydrogens is 202 g/mol. The largest absolute Gasteiger partial charge is 0.395 e. The van der Waals surface area contributed by atoms with Crippen molar-refractivity contribution in [3.63, 3.8) is 0 Å². The fourth-order valence-electron chi connectivity index (χ4n) is 2.25. The molecule has 0 atom stereocenters. The molecule has 2 rings (SSSR count). The van der Waals surface area contributed by atoms with Gasteiger partial charge in [0, 0.05) is 25.4 Å². The van der Waals surface area contributed by atoms with Gasteiger partial charge in [-0.25, -0.2) is 9.97 Å². The van der Waals surface area contributed by atoms with Crippen molar-refractivity contribution >= 4 is 0 Å². The van der Waals surface area contributed by atoms with E-state index in [2.05, 4.69) is 14.9 Å². The van der Waals surface area contributed by atoms with Crippen LogP contribution in [0.1, 0.15) is 18.7 Å². The van der Waals surface area contributed by atoms with Gasteiger partial charge in [0.2, 0.25) is 0 Å². The van der Waals surface area contributed by atoms with Gasteiger partial charge in [-0.3, -0.25) is 0 Å². The fraction of sp³-hybridized carbons (Fsp3) is 0.667. The lowest BCUT2D eigenvalue weighted by Crippen LogP contribution is -2.36. The molecule has 0 bridgehead atoms. The fourth-order valence-corrected chi connectivity index (χ4v) is 2.25. The molecule has 4 nitrogen and oxygen atoms in total. The molecule has 0 saturated carbocycles. The summed E-state index contributed by atoms with van der Waals surface area (Å²) in [5.41, 5.74) is 0. The smallest absolute Gasteiger partial charge is 0.128 e. The third-order valence-corrected chi connectivity index (χ3v) is 3.21. The molecule has 4 heteroatoms. The second-order valence-corrected chi connectivity index (χ2v) is 4.38. The molecule has 0 aromatic carbocycles. The summed E-state index contributed by atoms with van der Waals surface area (Å²) in [5.74, 6) is 1.67. The number of aliphatic hydroxyl groups excluding tert-OH is 1. The first-order valence-corrected chi connectivity index (χ1v) is 5.97. The van der Waals surface area contributed by atoms with E-state index < -0.39 is 0 Å². The molecule has 1 aliphatic rings. The highest BCUT2D eigenvalue weighted by Gasteiger charge is 2.19. The zero-order valence-corrected chi connectivity index (χ0v) is 9.55. The zero-order valence-electron chi connectivity index (χ0n) is 9.55. The van der Waals surface area contributed by atoms with Gasteiger partial charge in [-0.05, 0) is 37.9 Å². The molecule has 1 aromatic heterocycles. The van der Waals surface area contributed by atoms with Crippen molar-refractivity contribution in [2.45, 2.75) is 19.3 Å². The van der Waals surface area contributed by atoms with Crippen molar-refractivity contribution in [1.82, 2.24) is 14.9 Å². The lowest BCUT2D eigenvalue weighted by Gasteiger charge is -2.31. The van der Waals surface area contributed by atoms with Gasteiger partial charge in [0.1, 0.15) is 5.82 Å². The molecule has 88 valence electrons. The molecule has 0 aliphatic carbocycles. The minimum absolute atomic E-state index is 0.270. The summed E-state index contributed by atoms with van der Waals surface area (Å²) in [4.78, 5) is 10.8. The number of nitrogens with zero attached hydrogens (tertiary/aromatic N) is 3. The normalized spacial score (nSPS) is 18.8. The van der Waals surface area contributed by atoms with Crippen molar-refractivity contribution < 1.29 is 5.11 Å². The van der Waals surface area contributed by atoms with Crippen LogP contribution in [0.25, 0.3) is 0 Å². The molecule has 1 fully saturated rings. The van der Waals surface area contributed by atoms with Gasteiger partial charge in [-0.1, -0.05) is 0 Å². The summed E-state index contributed by atoms with van der Waals surface area (Å²) in [6.07, 6.45) is 7.00. The van der Waals surface area contributed by atoms with E-state index in [0.29, 0.717) is 5.92 Å². The summed E-state index contributed by atoms with van der Waals surface area (Å²) < 4.78 is 0. The van der Waals surface area contributed by atoms with E-state index in [0.717, 1.165) is 31.9 Å². The SMILES string of the molecule is OCCN1CCC(Cc2ncccn2)CC1. The van der Waals surface area contributed by atoms with Gasteiger partial charge >= 0.3 is 0 Å². The van der Waals surface area contributed by atoms with E-state index >= 15 is 0 Å². The first kappa shape index (κ1) is 11.5. The van der Waals surface area contributed by atoms with E-state index in [4.69, 9.17) is 5.11 Å². The topological polar surface area (TPSA) is 49.2 Å². The highest BCUT2D eigenvalue weighted by Crippen LogP contribution is 2.19. The Labute approximate surface area is 96.3 Å². The van der Waals surface area contributed by atoms with E-state index in [1.807, 2.05) is 18.5 Å². The van der Waals surface area contributed by atoms with Crippen LogP contribution in [-0.2, 0) is 6.42 Å². The second kappa shape index (κ2) is 5.92. The van der Waals surface area contributed by atoms with Crippen LogP contribution in [0.2, 0.25) is 0 Å². The lowest BCUT2D eigenvalue weighted by atomic mass is 9.93. The molecule has 2 heterocycles. The van der Waals surface area contributed by atoms with Gasteiger partial charge in [-0.15, -0.1) is 0 Å². The maximum atomic E-state index is 8.86. The Morgan fingerprint density at radius 2 is 1.94 bits per heavy atom. The summed E-state index contributed by atoms with van der Waals surface area (Å²) in [5, 5.41) is 8.86. The zero-order chi connectivity index (χ0) is 11.2. The minimum atomic E-state index is 0.270. The highest BCUT2D eigenvalue weighted by molar-refractivity contribution is 4.91. The Morgan fingerprint density at radius 1 is 1.25 bits per heavy atom. The van der Waals surface area contributed by atoms with E-state index in [9.17, 15) is 0 Å². The quantitative estimate of drug-likeness (QED) is 0.814. The Hall–Kier alpha value is -1.00. The van der Waals surface area contributed by atoms with Gasteiger partial charge in [0.25, 0.3) is 0 Å². The van der Waals surface area contributed by atoms with Crippen LogP contribution in [-0.4, -0.2) is 46.2 Å². The van der Waals surface area contributed by atoms with Gasteiger partial charge in [0.05, 0.1) is 6.61 Å². The Kier molecular flexibility index (Phi) is 4.25. The van der Waals surface area contributed by atoms with Crippen molar-refractivity contribution in [2.24, 2.45) is 5.92 Å². The molecule has 0 amide bonds. The van der Waals surface area contributed by atoms with Gasteiger partial charge in [0.15, 0.2) is 0 Å². The van der Waals surface area contributed by atoms with Crippen LogP contribution in [0.5, 0.6) is 0 Å². The number of β-amino-alcohol motifs (C(OH)–C–C–N with tert-alkyl or cyclic N) is 1. The first-order chi connectivity index (χ1) is 7.88. The Bertz CT molecular complexity index is 296. The number of hydrogen-bond acceptors (Lipinski definition) is 4. The summed E-state index contributed by atoms with van der Waals surface area (Å²) in [6.45, 7) is 3.27. The second-order valence-electron chi connectivity index (χ2n) is 4.38. The Morgan fingerprint density at radius 3 is 2.56 bits per heavy atom. The Balaban J connectivity index is 1.77. The van der Waals surface area contributed by atoms with Gasteiger partial charge < -0.3 is 10.0 Å². The van der Waals surface area contributed by atoms with Crippen molar-refractivity contribution in [3.8, 4) is 0 Å². The number of likely N-dealkylation sites (tertiary alicyclic amines) is 1. The number of hydrogen-bond donors (Lipinski definition) is 1. The van der Waals surface area contributed by atoms with E-state index in [1.54, 1.807) is 0 Å². The number of rotatable bonds is 4. The van der Waals surface area contributed by atoms with E-state index in [-0.39, 0.29) is 6.61 Å². The van der Waals surface area contributed by atoms with Crippen LogP contribution < -0.4 is 0 Å². The molecule has 1 saturated heterocycles. The third-order valence-electron chi connectivity index (χ3n) is 3.21. The molecule has 1 aliphatic heterocycles. The number of aliphatic hydroxyl groups is 1. The predicted molar refractivity (Wildman–Crippen MR) is 62.0 cm³/mol. The third kappa shape index (κ3) is 3.25. The van der Waals surface area contributed by atoms with Crippen molar-refractivity contribution in [2.75, 3.05) is 26.2 Å². The molecule has 0 unspecified atom stereocenters. The van der Waals surface area contributed by atoms with E-state index in [1.165, 1.54) is 12.8 Å². The summed E-state index contributed by atoms with van der Waals surface area (Å²) >= 11 is 0. The molecule has 0 spiro atoms. The van der Waals surface area contributed by atoms with Crippen molar-refractivity contribution in [3.05, 3.63) is 24.3 Å². The summed E-state index contributed by atoms with van der Waals surface area (Å²) in [7, 11) is 0. The molecule has 1 N–H and O–H groups in total. The average molecular weight is 221 g/mol. The molecule has 1 aromatic rings. The standard InChI is InChI=1S/C12H19N3O/c16-9-8-15-6-2-11(3-7-15)10-12-13-4-1-5-14-12/h1,4-5,11,16H,2-3,6-10H2. The van der Waals surface area contributed by atoms with Crippen molar-refractivity contribution in [1.29, 1.82) is 0 Å².